The molecule has 7 heterocycles. The van der Waals surface area contributed by atoms with E-state index in [-0.39, 0.29) is 43.2 Å². The molecule has 6 atom stereocenters. The number of morpholine rings is 1. The van der Waals surface area contributed by atoms with Crippen LogP contribution in [0.5, 0.6) is 0 Å². The molecule has 6 bridgehead atoms. The van der Waals surface area contributed by atoms with E-state index in [1.165, 1.54) is 21.2 Å². The molecular formula is C48H65N9O7S. The minimum absolute atomic E-state index is 0.0843. The average molecular weight is 912 g/mol. The molecule has 0 spiro atoms. The Morgan fingerprint density at radius 3 is 2.68 bits per heavy atom. The van der Waals surface area contributed by atoms with Gasteiger partial charge in [0, 0.05) is 85.8 Å². The first kappa shape index (κ1) is 46.6. The van der Waals surface area contributed by atoms with Gasteiger partial charge in [-0.2, -0.15) is 0 Å². The van der Waals surface area contributed by atoms with Crippen molar-refractivity contribution in [2.24, 2.45) is 11.3 Å². The number of urea groups is 1. The molecule has 8 rings (SSSR count). The number of cyclic esters (lactones) is 1. The quantitative estimate of drug-likeness (QED) is 0.221. The lowest BCUT2D eigenvalue weighted by Crippen LogP contribution is -2.62. The van der Waals surface area contributed by atoms with Crippen LogP contribution in [0.3, 0.4) is 0 Å². The van der Waals surface area contributed by atoms with Crippen molar-refractivity contribution in [3.63, 3.8) is 0 Å². The zero-order valence-corrected chi connectivity index (χ0v) is 40.1. The lowest BCUT2D eigenvalue weighted by molar-refractivity contribution is -0.155. The van der Waals surface area contributed by atoms with Gasteiger partial charge in [0.2, 0.25) is 5.91 Å². The number of pyridine rings is 1. The fraction of sp³-hybridized carbons (Fsp3) is 0.583. The second-order valence-electron chi connectivity index (χ2n) is 19.2. The summed E-state index contributed by atoms with van der Waals surface area (Å²) in [7, 11) is 5.39. The van der Waals surface area contributed by atoms with Gasteiger partial charge < -0.3 is 33.9 Å². The Balaban J connectivity index is 1.15. The van der Waals surface area contributed by atoms with Crippen molar-refractivity contribution >= 4 is 46.1 Å². The van der Waals surface area contributed by atoms with E-state index in [4.69, 9.17) is 24.2 Å². The second-order valence-corrected chi connectivity index (χ2v) is 20.2. The minimum Gasteiger partial charge on any atom is -0.464 e. The average Bonchev–Trinajstić information content (AvgIpc) is 4.03. The number of carbonyl (C=O) groups excluding carboxylic acids is 4. The van der Waals surface area contributed by atoms with E-state index in [9.17, 15) is 19.2 Å². The number of thiazole rings is 1. The van der Waals surface area contributed by atoms with E-state index in [1.54, 1.807) is 25.3 Å². The number of hydrazine groups is 1. The normalized spacial score (nSPS) is 23.8. The van der Waals surface area contributed by atoms with Crippen molar-refractivity contribution in [3.8, 4) is 22.5 Å². The third-order valence-electron chi connectivity index (χ3n) is 13.6. The molecule has 2 N–H and O–H groups in total. The monoisotopic (exact) mass is 911 g/mol. The van der Waals surface area contributed by atoms with Crippen LogP contribution in [0.2, 0.25) is 0 Å². The molecule has 16 nitrogen and oxygen atoms in total. The molecule has 4 aliphatic heterocycles. The standard InChI is InChI=1S/C48H65N9O7S/c1-10-56-37-16-15-30-21-32(37)33(43(56)31-13-11-17-49-41(31)29(4)62-9)23-48(5,6)27-64-46(60)34-14-12-18-57(52-34)45(59)35(22-40-50-36(30)26-65-40)51-44(58)42(28(2)3)54(8)47(61)55-24-38-39(25-55)63-20-19-53(38)7/h11,13,15-17,21,26,28-29,34-35,38-39,42,52H,10,12,14,18-20,22-25,27H2,1-9H3,(H,51,58)/t29-,34-,35-,38+,39-,42?/m0/s1. The summed E-state index contributed by atoms with van der Waals surface area (Å²) in [5.74, 6) is -1.56. The second kappa shape index (κ2) is 19.1. The number of rotatable bonds is 8. The minimum atomic E-state index is -1.05. The number of nitrogens with one attached hydrogen (secondary N) is 2. The molecule has 3 fully saturated rings. The number of hydrogen-bond donors (Lipinski definition) is 2. The third kappa shape index (κ3) is 9.40. The Morgan fingerprint density at radius 1 is 1.14 bits per heavy atom. The summed E-state index contributed by atoms with van der Waals surface area (Å²) in [5.41, 5.74) is 9.38. The lowest BCUT2D eigenvalue weighted by Gasteiger charge is -2.37. The molecule has 17 heteroatoms. The molecule has 3 saturated heterocycles. The molecule has 4 amide bonds. The molecule has 4 aliphatic rings. The van der Waals surface area contributed by atoms with Crippen molar-refractivity contribution in [2.45, 2.75) is 110 Å². The van der Waals surface area contributed by atoms with Crippen LogP contribution in [0.4, 0.5) is 4.79 Å². The Hall–Kier alpha value is -4.94. The van der Waals surface area contributed by atoms with E-state index < -0.39 is 41.3 Å². The fourth-order valence-electron chi connectivity index (χ4n) is 10.1. The van der Waals surface area contributed by atoms with Crippen LogP contribution >= 0.6 is 11.3 Å². The van der Waals surface area contributed by atoms with Crippen LogP contribution in [0.15, 0.2) is 41.9 Å². The van der Waals surface area contributed by atoms with Gasteiger partial charge in [0.25, 0.3) is 5.91 Å². The third-order valence-corrected chi connectivity index (χ3v) is 14.5. The lowest BCUT2D eigenvalue weighted by atomic mass is 9.84. The summed E-state index contributed by atoms with van der Waals surface area (Å²) in [5, 5.41) is 8.22. The van der Waals surface area contributed by atoms with Gasteiger partial charge in [0.15, 0.2) is 0 Å². The Labute approximate surface area is 385 Å². The summed E-state index contributed by atoms with van der Waals surface area (Å²) >= 11 is 1.43. The van der Waals surface area contributed by atoms with Gasteiger partial charge in [-0.1, -0.05) is 33.8 Å². The van der Waals surface area contributed by atoms with Crippen molar-refractivity contribution in [3.05, 3.63) is 58.2 Å². The van der Waals surface area contributed by atoms with Gasteiger partial charge in [0.1, 0.15) is 18.1 Å². The summed E-state index contributed by atoms with van der Waals surface area (Å²) in [6.07, 6.45) is 3.19. The van der Waals surface area contributed by atoms with Crippen LogP contribution in [-0.2, 0) is 48.0 Å². The van der Waals surface area contributed by atoms with E-state index in [0.717, 1.165) is 51.2 Å². The molecule has 350 valence electrons. The number of amides is 4. The van der Waals surface area contributed by atoms with Gasteiger partial charge in [-0.3, -0.25) is 29.3 Å². The number of benzene rings is 1. The molecule has 65 heavy (non-hydrogen) atoms. The number of hydrogen-bond acceptors (Lipinski definition) is 12. The molecule has 1 aromatic carbocycles. The van der Waals surface area contributed by atoms with E-state index >= 15 is 0 Å². The number of aryl methyl sites for hydroxylation is 1. The smallest absolute Gasteiger partial charge is 0.324 e. The van der Waals surface area contributed by atoms with Gasteiger partial charge in [-0.05, 0) is 75.9 Å². The number of methoxy groups -OCH3 is 1. The highest BCUT2D eigenvalue weighted by Crippen LogP contribution is 2.42. The molecule has 4 aromatic rings. The zero-order chi connectivity index (χ0) is 46.3. The van der Waals surface area contributed by atoms with Gasteiger partial charge in [-0.15, -0.1) is 11.3 Å². The molecule has 0 aliphatic carbocycles. The number of likely N-dealkylation sites (tertiary alicyclic amines) is 1. The van der Waals surface area contributed by atoms with Crippen LogP contribution < -0.4 is 10.7 Å². The van der Waals surface area contributed by atoms with Crippen LogP contribution in [0, 0.1) is 11.3 Å². The van der Waals surface area contributed by atoms with Crippen LogP contribution in [0.25, 0.3) is 33.4 Å². The van der Waals surface area contributed by atoms with E-state index in [2.05, 4.69) is 65.2 Å². The van der Waals surface area contributed by atoms with E-state index in [1.807, 2.05) is 39.3 Å². The first-order valence-corrected chi connectivity index (χ1v) is 23.9. The predicted octanol–water partition coefficient (Wildman–Crippen LogP) is 5.29. The number of ether oxygens (including phenoxy) is 3. The highest BCUT2D eigenvalue weighted by molar-refractivity contribution is 7.10. The van der Waals surface area contributed by atoms with Gasteiger partial charge >= 0.3 is 12.0 Å². The number of likely N-dealkylation sites (N-methyl/N-ethyl adjacent to an activating group) is 2. The first-order valence-electron chi connectivity index (χ1n) is 23.0. The topological polar surface area (TPSA) is 164 Å². The number of aromatic nitrogens is 3. The number of carbonyl (C=O) groups is 4. The van der Waals surface area contributed by atoms with Gasteiger partial charge in [-0.25, -0.2) is 15.2 Å². The largest absolute Gasteiger partial charge is 0.464 e. The molecular weight excluding hydrogens is 847 g/mol. The highest BCUT2D eigenvalue weighted by Gasteiger charge is 2.44. The highest BCUT2D eigenvalue weighted by atomic mass is 32.1. The SMILES string of the molecule is CCn1c(-c2cccnc2[C@H](C)OC)c2c3cc(ccc31)-c1csc(n1)C[C@H](NC(=O)C(C(C)C)N(C)C(=O)N1C[C@@H]3OCCN(C)[C@@H]3C1)C(=O)N1CCC[C@H](N1)C(=O)OCC(C)(C)C2. The van der Waals surface area contributed by atoms with Crippen molar-refractivity contribution < 1.29 is 33.4 Å². The van der Waals surface area contributed by atoms with Crippen molar-refractivity contribution in [1.82, 2.24) is 45.0 Å². The Bertz CT molecular complexity index is 2420. The molecule has 1 unspecified atom stereocenters. The summed E-state index contributed by atoms with van der Waals surface area (Å²) in [4.78, 5) is 72.5. The first-order chi connectivity index (χ1) is 31.1. The zero-order valence-electron chi connectivity index (χ0n) is 39.3. The van der Waals surface area contributed by atoms with E-state index in [0.29, 0.717) is 57.1 Å². The van der Waals surface area contributed by atoms with Gasteiger partial charge in [0.05, 0.1) is 60.1 Å². The molecule has 3 aromatic heterocycles. The van der Waals surface area contributed by atoms with Crippen molar-refractivity contribution in [2.75, 3.05) is 60.6 Å². The Kier molecular flexibility index (Phi) is 13.7. The predicted molar refractivity (Wildman–Crippen MR) is 249 cm³/mol. The maximum atomic E-state index is 14.7. The number of fused-ring (bicyclic) bond motifs is 7. The summed E-state index contributed by atoms with van der Waals surface area (Å²) in [6.45, 7) is 15.7. The van der Waals surface area contributed by atoms with Crippen LogP contribution in [-0.4, -0.2) is 149 Å². The Morgan fingerprint density at radius 2 is 1.94 bits per heavy atom. The number of nitrogens with zero attached hydrogens (tertiary/aromatic N) is 7. The summed E-state index contributed by atoms with van der Waals surface area (Å²) in [6, 6.07) is 7.59. The molecule has 0 saturated carbocycles. The molecule has 0 radical (unpaired) electrons. The van der Waals surface area contributed by atoms with Crippen LogP contribution in [0.1, 0.15) is 76.8 Å². The summed E-state index contributed by atoms with van der Waals surface area (Å²) < 4.78 is 20.3. The maximum absolute atomic E-state index is 14.7. The van der Waals surface area contributed by atoms with Crippen molar-refractivity contribution in [1.29, 1.82) is 0 Å². The maximum Gasteiger partial charge on any atom is 0.324 e. The number of esters is 1. The fourth-order valence-corrected chi connectivity index (χ4v) is 11.0.